The first-order chi connectivity index (χ1) is 12.1. The Morgan fingerprint density at radius 2 is 1.88 bits per heavy atom. The largest absolute Gasteiger partial charge is 0.353 e. The van der Waals surface area contributed by atoms with Gasteiger partial charge in [0.05, 0.1) is 6.04 Å². The Morgan fingerprint density at radius 1 is 1.16 bits per heavy atom. The molecule has 0 aliphatic carbocycles. The van der Waals surface area contributed by atoms with Crippen LogP contribution < -0.4 is 10.6 Å². The number of hydrogen-bond acceptors (Lipinski definition) is 2. The van der Waals surface area contributed by atoms with Crippen LogP contribution in [0.25, 0.3) is 0 Å². The van der Waals surface area contributed by atoms with Crippen LogP contribution in [-0.4, -0.2) is 36.5 Å². The van der Waals surface area contributed by atoms with Gasteiger partial charge >= 0.3 is 6.03 Å². The molecule has 2 aromatic carbocycles. The summed E-state index contributed by atoms with van der Waals surface area (Å²) >= 11 is 6.28. The third-order valence-corrected chi connectivity index (χ3v) is 4.58. The summed E-state index contributed by atoms with van der Waals surface area (Å²) in [6, 6.07) is 16.9. The van der Waals surface area contributed by atoms with Crippen LogP contribution in [-0.2, 0) is 11.2 Å². The summed E-state index contributed by atoms with van der Waals surface area (Å²) in [6.45, 7) is 1.07. The first-order valence-corrected chi connectivity index (χ1v) is 8.62. The molecule has 0 saturated carbocycles. The minimum absolute atomic E-state index is 0.0828. The van der Waals surface area contributed by atoms with E-state index in [0.29, 0.717) is 24.5 Å². The topological polar surface area (TPSA) is 61.4 Å². The van der Waals surface area contributed by atoms with Crippen molar-refractivity contribution in [1.29, 1.82) is 0 Å². The molecule has 1 saturated heterocycles. The normalized spacial score (nSPS) is 15.4. The number of carbonyl (C=O) groups is 2. The van der Waals surface area contributed by atoms with Gasteiger partial charge in [-0.3, -0.25) is 4.79 Å². The molecule has 5 nitrogen and oxygen atoms in total. The van der Waals surface area contributed by atoms with E-state index in [-0.39, 0.29) is 24.5 Å². The third-order valence-electron chi connectivity index (χ3n) is 4.21. The lowest BCUT2D eigenvalue weighted by molar-refractivity contribution is -0.123. The van der Waals surface area contributed by atoms with Crippen molar-refractivity contribution in [2.75, 3.05) is 19.6 Å². The standard InChI is InChI=1S/C19H20ClN3O2/c20-16-9-5-4-8-15(16)12-17(14-6-2-1-3-7-14)22-19(25)23-11-10-21-18(24)13-23/h1-9,17H,10-13H2,(H,21,24)(H,22,25). The van der Waals surface area contributed by atoms with Crippen molar-refractivity contribution < 1.29 is 9.59 Å². The Labute approximate surface area is 152 Å². The maximum Gasteiger partial charge on any atom is 0.318 e. The van der Waals surface area contributed by atoms with Gasteiger partial charge in [0.25, 0.3) is 0 Å². The average molecular weight is 358 g/mol. The molecular weight excluding hydrogens is 338 g/mol. The van der Waals surface area contributed by atoms with E-state index in [9.17, 15) is 9.59 Å². The molecule has 1 fully saturated rings. The van der Waals surface area contributed by atoms with Crippen molar-refractivity contribution in [3.05, 3.63) is 70.7 Å². The molecule has 0 spiro atoms. The van der Waals surface area contributed by atoms with Crippen LogP contribution in [0.5, 0.6) is 0 Å². The van der Waals surface area contributed by atoms with E-state index < -0.39 is 0 Å². The van der Waals surface area contributed by atoms with E-state index in [1.807, 2.05) is 54.6 Å². The fourth-order valence-corrected chi connectivity index (χ4v) is 3.09. The van der Waals surface area contributed by atoms with E-state index in [1.165, 1.54) is 4.90 Å². The first-order valence-electron chi connectivity index (χ1n) is 8.24. The molecule has 3 amide bonds. The summed E-state index contributed by atoms with van der Waals surface area (Å²) in [5, 5.41) is 6.44. The van der Waals surface area contributed by atoms with Gasteiger partial charge in [0.1, 0.15) is 6.54 Å². The highest BCUT2D eigenvalue weighted by Crippen LogP contribution is 2.23. The van der Waals surface area contributed by atoms with Crippen molar-refractivity contribution in [2.24, 2.45) is 0 Å². The van der Waals surface area contributed by atoms with Crippen LogP contribution in [0.4, 0.5) is 4.79 Å². The van der Waals surface area contributed by atoms with Gasteiger partial charge < -0.3 is 15.5 Å². The van der Waals surface area contributed by atoms with E-state index in [2.05, 4.69) is 10.6 Å². The fraction of sp³-hybridized carbons (Fsp3) is 0.263. The Balaban J connectivity index is 1.78. The third kappa shape index (κ3) is 4.51. The molecule has 1 heterocycles. The van der Waals surface area contributed by atoms with Gasteiger partial charge in [0.2, 0.25) is 5.91 Å². The van der Waals surface area contributed by atoms with E-state index in [1.54, 1.807) is 0 Å². The monoisotopic (exact) mass is 357 g/mol. The molecule has 0 radical (unpaired) electrons. The van der Waals surface area contributed by atoms with Gasteiger partial charge in [-0.1, -0.05) is 60.1 Å². The number of rotatable bonds is 4. The molecular formula is C19H20ClN3O2. The van der Waals surface area contributed by atoms with Crippen molar-refractivity contribution >= 4 is 23.5 Å². The number of amides is 3. The zero-order chi connectivity index (χ0) is 17.6. The highest BCUT2D eigenvalue weighted by atomic mass is 35.5. The number of nitrogens with zero attached hydrogens (tertiary/aromatic N) is 1. The lowest BCUT2D eigenvalue weighted by Gasteiger charge is -2.29. The second kappa shape index (κ2) is 8.03. The molecule has 1 aliphatic rings. The summed E-state index contributed by atoms with van der Waals surface area (Å²) < 4.78 is 0. The van der Waals surface area contributed by atoms with Crippen molar-refractivity contribution in [3.63, 3.8) is 0 Å². The maximum atomic E-state index is 12.6. The predicted molar refractivity (Wildman–Crippen MR) is 97.5 cm³/mol. The van der Waals surface area contributed by atoms with Crippen LogP contribution in [0.3, 0.4) is 0 Å². The van der Waals surface area contributed by atoms with Crippen LogP contribution in [0.2, 0.25) is 5.02 Å². The lowest BCUT2D eigenvalue weighted by Crippen LogP contribution is -2.53. The van der Waals surface area contributed by atoms with Crippen molar-refractivity contribution in [2.45, 2.75) is 12.5 Å². The van der Waals surface area contributed by atoms with Crippen LogP contribution in [0, 0.1) is 0 Å². The second-order valence-corrected chi connectivity index (χ2v) is 6.39. The molecule has 25 heavy (non-hydrogen) atoms. The number of carbonyl (C=O) groups excluding carboxylic acids is 2. The van der Waals surface area contributed by atoms with Gasteiger partial charge in [-0.05, 0) is 23.6 Å². The molecule has 1 atom stereocenters. The molecule has 3 rings (SSSR count). The molecule has 0 bridgehead atoms. The highest BCUT2D eigenvalue weighted by molar-refractivity contribution is 6.31. The van der Waals surface area contributed by atoms with Crippen LogP contribution in [0.1, 0.15) is 17.2 Å². The Bertz CT molecular complexity index is 751. The Kier molecular flexibility index (Phi) is 5.56. The van der Waals surface area contributed by atoms with Gasteiger partial charge in [-0.25, -0.2) is 4.79 Å². The number of urea groups is 1. The molecule has 2 aromatic rings. The molecule has 1 unspecified atom stereocenters. The number of nitrogens with one attached hydrogen (secondary N) is 2. The second-order valence-electron chi connectivity index (χ2n) is 5.98. The van der Waals surface area contributed by atoms with Crippen molar-refractivity contribution in [1.82, 2.24) is 15.5 Å². The van der Waals surface area contributed by atoms with Gasteiger partial charge in [0.15, 0.2) is 0 Å². The van der Waals surface area contributed by atoms with Crippen LogP contribution >= 0.6 is 11.6 Å². The molecule has 2 N–H and O–H groups in total. The minimum atomic E-state index is -0.240. The van der Waals surface area contributed by atoms with E-state index in [0.717, 1.165) is 11.1 Å². The smallest absolute Gasteiger partial charge is 0.318 e. The Morgan fingerprint density at radius 3 is 2.60 bits per heavy atom. The molecule has 130 valence electrons. The van der Waals surface area contributed by atoms with Crippen LogP contribution in [0.15, 0.2) is 54.6 Å². The lowest BCUT2D eigenvalue weighted by atomic mass is 9.99. The summed E-state index contributed by atoms with van der Waals surface area (Å²) in [7, 11) is 0. The number of hydrogen-bond donors (Lipinski definition) is 2. The molecule has 1 aliphatic heterocycles. The molecule has 6 heteroatoms. The number of benzene rings is 2. The summed E-state index contributed by atoms with van der Waals surface area (Å²) in [6.07, 6.45) is 0.579. The van der Waals surface area contributed by atoms with E-state index >= 15 is 0 Å². The highest BCUT2D eigenvalue weighted by Gasteiger charge is 2.24. The number of piperazine rings is 1. The number of halogens is 1. The summed E-state index contributed by atoms with van der Waals surface area (Å²) in [5.74, 6) is -0.135. The maximum absolute atomic E-state index is 12.6. The van der Waals surface area contributed by atoms with E-state index in [4.69, 9.17) is 11.6 Å². The minimum Gasteiger partial charge on any atom is -0.353 e. The summed E-state index contributed by atoms with van der Waals surface area (Å²) in [5.41, 5.74) is 1.96. The summed E-state index contributed by atoms with van der Waals surface area (Å²) in [4.78, 5) is 25.7. The fourth-order valence-electron chi connectivity index (χ4n) is 2.87. The zero-order valence-electron chi connectivity index (χ0n) is 13.7. The predicted octanol–water partition coefficient (Wildman–Crippen LogP) is 2.77. The molecule has 0 aromatic heterocycles. The Hall–Kier alpha value is -2.53. The average Bonchev–Trinajstić information content (AvgIpc) is 2.63. The zero-order valence-corrected chi connectivity index (χ0v) is 14.5. The van der Waals surface area contributed by atoms with Gasteiger partial charge in [-0.15, -0.1) is 0 Å². The van der Waals surface area contributed by atoms with Gasteiger partial charge in [0, 0.05) is 18.1 Å². The van der Waals surface area contributed by atoms with Gasteiger partial charge in [-0.2, -0.15) is 0 Å². The SMILES string of the molecule is O=C1CN(C(=O)NC(Cc2ccccc2Cl)c2ccccc2)CCN1. The quantitative estimate of drug-likeness (QED) is 0.883. The first kappa shape index (κ1) is 17.3. The van der Waals surface area contributed by atoms with Crippen molar-refractivity contribution in [3.8, 4) is 0 Å².